The first kappa shape index (κ1) is 16.1. The van der Waals surface area contributed by atoms with Gasteiger partial charge in [0.15, 0.2) is 0 Å². The van der Waals surface area contributed by atoms with E-state index >= 15 is 0 Å². The van der Waals surface area contributed by atoms with Gasteiger partial charge < -0.3 is 9.84 Å². The molecule has 1 aromatic rings. The Morgan fingerprint density at radius 1 is 1.55 bits per heavy atom. The van der Waals surface area contributed by atoms with Crippen molar-refractivity contribution in [2.75, 3.05) is 25.0 Å². The molecular weight excluding hydrogens is 286 g/mol. The van der Waals surface area contributed by atoms with Gasteiger partial charge in [0.05, 0.1) is 6.61 Å². The molecule has 0 spiro atoms. The number of hydrogen-bond donors (Lipinski definition) is 3. The van der Waals surface area contributed by atoms with Gasteiger partial charge in [0.25, 0.3) is 10.2 Å². The lowest BCUT2D eigenvalue weighted by Crippen LogP contribution is -2.32. The molecule has 0 atom stereocenters. The summed E-state index contributed by atoms with van der Waals surface area (Å²) in [6, 6.07) is 2.96. The summed E-state index contributed by atoms with van der Waals surface area (Å²) in [7, 11) is -2.28. The number of pyridine rings is 1. The number of carboxylic acids is 1. The van der Waals surface area contributed by atoms with E-state index in [0.717, 1.165) is 6.08 Å². The van der Waals surface area contributed by atoms with Gasteiger partial charge in [0.1, 0.15) is 5.82 Å². The van der Waals surface area contributed by atoms with Crippen molar-refractivity contribution < 1.29 is 23.1 Å². The summed E-state index contributed by atoms with van der Waals surface area (Å²) in [6.07, 6.45) is 3.65. The summed E-state index contributed by atoms with van der Waals surface area (Å²) in [4.78, 5) is 14.2. The predicted octanol–water partition coefficient (Wildman–Crippen LogP) is 0.0721. The van der Waals surface area contributed by atoms with Crippen molar-refractivity contribution in [1.29, 1.82) is 0 Å². The Kier molecular flexibility index (Phi) is 6.10. The Hall–Kier alpha value is -1.97. The standard InChI is InChI=1S/C11H15N3O5S/c1-19-7-6-13-20(17,18)14-10-8-9(4-5-12-10)2-3-11(15)16/h2-5,8,13H,6-7H2,1H3,(H,12,14)(H,15,16)/b3-2+. The molecule has 0 fully saturated rings. The van der Waals surface area contributed by atoms with Crippen molar-refractivity contribution in [3.63, 3.8) is 0 Å². The highest BCUT2D eigenvalue weighted by atomic mass is 32.2. The molecule has 0 bridgehead atoms. The highest BCUT2D eigenvalue weighted by Gasteiger charge is 2.09. The second-order valence-corrected chi connectivity index (χ2v) is 5.14. The number of aromatic nitrogens is 1. The average molecular weight is 301 g/mol. The second kappa shape index (κ2) is 7.58. The molecule has 0 saturated heterocycles. The molecule has 1 rings (SSSR count). The van der Waals surface area contributed by atoms with Crippen LogP contribution in [0, 0.1) is 0 Å². The number of aliphatic carboxylic acids is 1. The minimum Gasteiger partial charge on any atom is -0.478 e. The number of hydrogen-bond acceptors (Lipinski definition) is 5. The van der Waals surface area contributed by atoms with Crippen LogP contribution >= 0.6 is 0 Å². The van der Waals surface area contributed by atoms with Gasteiger partial charge in [0.2, 0.25) is 0 Å². The maximum atomic E-state index is 11.6. The molecule has 0 aliphatic carbocycles. The van der Waals surface area contributed by atoms with E-state index in [-0.39, 0.29) is 19.0 Å². The molecule has 0 aliphatic rings. The van der Waals surface area contributed by atoms with E-state index < -0.39 is 16.2 Å². The fraction of sp³-hybridized carbons (Fsp3) is 0.273. The Morgan fingerprint density at radius 2 is 2.30 bits per heavy atom. The first-order valence-corrected chi connectivity index (χ1v) is 7.04. The van der Waals surface area contributed by atoms with Crippen LogP contribution in [-0.4, -0.2) is 44.7 Å². The van der Waals surface area contributed by atoms with E-state index in [2.05, 4.69) is 14.4 Å². The van der Waals surface area contributed by atoms with Crippen LogP contribution in [0.15, 0.2) is 24.4 Å². The zero-order valence-electron chi connectivity index (χ0n) is 10.7. The Morgan fingerprint density at radius 3 is 2.95 bits per heavy atom. The van der Waals surface area contributed by atoms with Gasteiger partial charge in [-0.1, -0.05) is 0 Å². The van der Waals surface area contributed by atoms with Crippen LogP contribution < -0.4 is 9.44 Å². The molecule has 0 unspecified atom stereocenters. The van der Waals surface area contributed by atoms with Crippen LogP contribution in [0.2, 0.25) is 0 Å². The zero-order valence-corrected chi connectivity index (χ0v) is 11.6. The molecule has 20 heavy (non-hydrogen) atoms. The van der Waals surface area contributed by atoms with Gasteiger partial charge in [0, 0.05) is 25.9 Å². The van der Waals surface area contributed by atoms with E-state index in [1.165, 1.54) is 25.4 Å². The SMILES string of the molecule is COCCNS(=O)(=O)Nc1cc(/C=C/C(=O)O)ccn1. The number of methoxy groups -OCH3 is 1. The zero-order chi connectivity index (χ0) is 15.0. The number of anilines is 1. The number of carboxylic acid groups (broad SMARTS) is 1. The van der Waals surface area contributed by atoms with Gasteiger partial charge in [-0.3, -0.25) is 4.72 Å². The van der Waals surface area contributed by atoms with E-state index in [1.807, 2.05) is 0 Å². The maximum Gasteiger partial charge on any atom is 0.328 e. The van der Waals surface area contributed by atoms with Crippen molar-refractivity contribution in [1.82, 2.24) is 9.71 Å². The number of ether oxygens (including phenoxy) is 1. The fourth-order valence-corrected chi connectivity index (χ4v) is 2.04. The van der Waals surface area contributed by atoms with Crippen LogP contribution in [-0.2, 0) is 19.7 Å². The van der Waals surface area contributed by atoms with E-state index in [1.54, 1.807) is 6.07 Å². The lowest BCUT2D eigenvalue weighted by molar-refractivity contribution is -0.131. The van der Waals surface area contributed by atoms with Crippen LogP contribution in [0.4, 0.5) is 5.82 Å². The Bertz CT molecular complexity index is 585. The highest BCUT2D eigenvalue weighted by molar-refractivity contribution is 7.90. The van der Waals surface area contributed by atoms with Crippen LogP contribution in [0.5, 0.6) is 0 Å². The van der Waals surface area contributed by atoms with E-state index in [0.29, 0.717) is 5.56 Å². The number of rotatable bonds is 8. The van der Waals surface area contributed by atoms with Crippen molar-refractivity contribution >= 4 is 28.1 Å². The second-order valence-electron chi connectivity index (χ2n) is 3.64. The lowest BCUT2D eigenvalue weighted by Gasteiger charge is -2.08. The van der Waals surface area contributed by atoms with Crippen molar-refractivity contribution in [2.45, 2.75) is 0 Å². The molecule has 0 aliphatic heterocycles. The predicted molar refractivity (Wildman–Crippen MR) is 73.3 cm³/mol. The van der Waals surface area contributed by atoms with Crippen LogP contribution in [0.1, 0.15) is 5.56 Å². The van der Waals surface area contributed by atoms with E-state index in [9.17, 15) is 13.2 Å². The molecule has 0 aromatic carbocycles. The molecule has 0 saturated carbocycles. The summed E-state index contributed by atoms with van der Waals surface area (Å²) < 4.78 is 32.5. The molecule has 9 heteroatoms. The van der Waals surface area contributed by atoms with Gasteiger partial charge in [-0.2, -0.15) is 13.1 Å². The summed E-state index contributed by atoms with van der Waals surface area (Å²) in [5.41, 5.74) is 0.511. The third kappa shape index (κ3) is 6.27. The molecule has 1 aromatic heterocycles. The Balaban J connectivity index is 2.72. The highest BCUT2D eigenvalue weighted by Crippen LogP contribution is 2.09. The third-order valence-electron chi connectivity index (χ3n) is 2.04. The normalized spacial score (nSPS) is 11.7. The monoisotopic (exact) mass is 301 g/mol. The van der Waals surface area contributed by atoms with Gasteiger partial charge in [-0.25, -0.2) is 9.78 Å². The average Bonchev–Trinajstić information content (AvgIpc) is 2.36. The molecule has 8 nitrogen and oxygen atoms in total. The number of nitrogens with one attached hydrogen (secondary N) is 2. The minimum atomic E-state index is -3.74. The molecule has 3 N–H and O–H groups in total. The first-order chi connectivity index (χ1) is 9.43. The summed E-state index contributed by atoms with van der Waals surface area (Å²) >= 11 is 0. The van der Waals surface area contributed by atoms with Crippen molar-refractivity contribution in [2.24, 2.45) is 0 Å². The largest absolute Gasteiger partial charge is 0.478 e. The summed E-state index contributed by atoms with van der Waals surface area (Å²) in [5.74, 6) is -1.01. The molecule has 110 valence electrons. The number of nitrogens with zero attached hydrogens (tertiary/aromatic N) is 1. The Labute approximate surface area is 116 Å². The van der Waals surface area contributed by atoms with Crippen LogP contribution in [0.25, 0.3) is 6.08 Å². The number of carbonyl (C=O) groups is 1. The maximum absolute atomic E-state index is 11.6. The van der Waals surface area contributed by atoms with Crippen molar-refractivity contribution in [3.05, 3.63) is 30.0 Å². The van der Waals surface area contributed by atoms with Gasteiger partial charge in [-0.15, -0.1) is 0 Å². The third-order valence-corrected chi connectivity index (χ3v) is 3.10. The van der Waals surface area contributed by atoms with E-state index in [4.69, 9.17) is 9.84 Å². The molecule has 0 amide bonds. The van der Waals surface area contributed by atoms with Gasteiger partial charge >= 0.3 is 5.97 Å². The minimum absolute atomic E-state index is 0.0856. The quantitative estimate of drug-likeness (QED) is 0.462. The smallest absolute Gasteiger partial charge is 0.328 e. The first-order valence-electron chi connectivity index (χ1n) is 5.56. The van der Waals surface area contributed by atoms with Crippen LogP contribution in [0.3, 0.4) is 0 Å². The molecule has 0 radical (unpaired) electrons. The fourth-order valence-electron chi connectivity index (χ4n) is 1.23. The summed E-state index contributed by atoms with van der Waals surface area (Å²) in [6.45, 7) is 0.375. The van der Waals surface area contributed by atoms with Crippen molar-refractivity contribution in [3.8, 4) is 0 Å². The summed E-state index contributed by atoms with van der Waals surface area (Å²) in [5, 5.41) is 8.52. The lowest BCUT2D eigenvalue weighted by atomic mass is 10.2. The molecule has 1 heterocycles. The molecular formula is C11H15N3O5S. The van der Waals surface area contributed by atoms with Gasteiger partial charge in [-0.05, 0) is 23.8 Å². The topological polar surface area (TPSA) is 118 Å².